The Hall–Kier alpha value is -4.08. The molecule has 15 heteroatoms. The average Bonchev–Trinajstić information content (AvgIpc) is 3.37. The van der Waals surface area contributed by atoms with Gasteiger partial charge in [0, 0.05) is 25.0 Å². The lowest BCUT2D eigenvalue weighted by Gasteiger charge is -2.20. The first-order chi connectivity index (χ1) is 19.9. The number of pyridine rings is 1. The second-order valence-corrected chi connectivity index (χ2v) is 13.2. The fourth-order valence-corrected chi connectivity index (χ4v) is 6.81. The van der Waals surface area contributed by atoms with Gasteiger partial charge in [-0.3, -0.25) is 4.57 Å². The predicted octanol–water partition coefficient (Wildman–Crippen LogP) is 3.20. The SMILES string of the molecule is COc1cccc(-c2nnc(CS(=O)(=O)C[C@@H](OC)c3ccc(F)cc3S(C)(=O)=O)n2-c2c(OC)cccc2OC)n1. The molecule has 0 bridgehead atoms. The lowest BCUT2D eigenvalue weighted by atomic mass is 10.1. The van der Waals surface area contributed by atoms with Crippen LogP contribution in [0.4, 0.5) is 4.39 Å². The Balaban J connectivity index is 1.84. The first-order valence-corrected chi connectivity index (χ1v) is 16.0. The summed E-state index contributed by atoms with van der Waals surface area (Å²) in [6.07, 6.45) is -0.318. The number of ether oxygens (including phenoxy) is 4. The lowest BCUT2D eigenvalue weighted by molar-refractivity contribution is 0.119. The smallest absolute Gasteiger partial charge is 0.213 e. The zero-order chi connectivity index (χ0) is 30.7. The van der Waals surface area contributed by atoms with Crippen molar-refractivity contribution in [1.82, 2.24) is 19.7 Å². The molecule has 4 aromatic rings. The zero-order valence-electron chi connectivity index (χ0n) is 23.4. The Morgan fingerprint density at radius 3 is 2.14 bits per heavy atom. The highest BCUT2D eigenvalue weighted by Crippen LogP contribution is 2.37. The van der Waals surface area contributed by atoms with Gasteiger partial charge in [0.25, 0.3) is 0 Å². The summed E-state index contributed by atoms with van der Waals surface area (Å²) in [5.74, 6) is -0.896. The fraction of sp³-hybridized carbons (Fsp3) is 0.296. The number of aromatic nitrogens is 4. The van der Waals surface area contributed by atoms with Crippen molar-refractivity contribution in [3.8, 4) is 34.6 Å². The molecule has 2 aromatic carbocycles. The number of hydrogen-bond acceptors (Lipinski definition) is 11. The van der Waals surface area contributed by atoms with Crippen LogP contribution >= 0.6 is 0 Å². The summed E-state index contributed by atoms with van der Waals surface area (Å²) in [5, 5.41) is 8.44. The number of halogens is 1. The van der Waals surface area contributed by atoms with Gasteiger partial charge in [-0.1, -0.05) is 18.2 Å². The van der Waals surface area contributed by atoms with Gasteiger partial charge in [-0.15, -0.1) is 10.2 Å². The number of sulfone groups is 2. The van der Waals surface area contributed by atoms with Crippen LogP contribution in [0, 0.1) is 5.82 Å². The van der Waals surface area contributed by atoms with Crippen LogP contribution in [0.2, 0.25) is 0 Å². The second-order valence-electron chi connectivity index (χ2n) is 9.08. The maximum atomic E-state index is 13.9. The number of hydrogen-bond donors (Lipinski definition) is 0. The summed E-state index contributed by atoms with van der Waals surface area (Å²) in [4.78, 5) is 4.06. The molecule has 42 heavy (non-hydrogen) atoms. The van der Waals surface area contributed by atoms with E-state index in [1.54, 1.807) is 36.4 Å². The third-order valence-corrected chi connectivity index (χ3v) is 8.94. The third-order valence-electron chi connectivity index (χ3n) is 6.28. The van der Waals surface area contributed by atoms with Crippen LogP contribution < -0.4 is 14.2 Å². The number of nitrogens with zero attached hydrogens (tertiary/aromatic N) is 4. The highest BCUT2D eigenvalue weighted by Gasteiger charge is 2.30. The quantitative estimate of drug-likeness (QED) is 0.230. The van der Waals surface area contributed by atoms with Gasteiger partial charge in [0.2, 0.25) is 5.88 Å². The largest absolute Gasteiger partial charge is 0.494 e. The Kier molecular flexibility index (Phi) is 9.13. The normalized spacial score (nSPS) is 12.6. The van der Waals surface area contributed by atoms with Crippen LogP contribution in [0.15, 0.2) is 59.5 Å². The Morgan fingerprint density at radius 2 is 1.55 bits per heavy atom. The molecule has 0 aliphatic heterocycles. The van der Waals surface area contributed by atoms with Crippen LogP contribution in [0.3, 0.4) is 0 Å². The molecule has 224 valence electrons. The fourth-order valence-electron chi connectivity index (χ4n) is 4.38. The molecule has 0 fully saturated rings. The number of methoxy groups -OCH3 is 4. The molecule has 0 unspecified atom stereocenters. The van der Waals surface area contributed by atoms with E-state index >= 15 is 0 Å². The Morgan fingerprint density at radius 1 is 0.881 bits per heavy atom. The van der Waals surface area contributed by atoms with Gasteiger partial charge in [-0.05, 0) is 30.3 Å². The number of para-hydroxylation sites is 1. The van der Waals surface area contributed by atoms with Gasteiger partial charge < -0.3 is 18.9 Å². The zero-order valence-corrected chi connectivity index (χ0v) is 25.1. The molecule has 0 saturated heterocycles. The van der Waals surface area contributed by atoms with Crippen LogP contribution in [-0.4, -0.2) is 77.0 Å². The summed E-state index contributed by atoms with van der Waals surface area (Å²) in [6.45, 7) is 0. The van der Waals surface area contributed by atoms with E-state index in [2.05, 4.69) is 15.2 Å². The number of rotatable bonds is 12. The lowest BCUT2D eigenvalue weighted by Crippen LogP contribution is -2.21. The van der Waals surface area contributed by atoms with E-state index in [0.717, 1.165) is 18.4 Å². The van der Waals surface area contributed by atoms with E-state index in [1.165, 1.54) is 39.1 Å². The van der Waals surface area contributed by atoms with Crippen molar-refractivity contribution < 1.29 is 40.2 Å². The van der Waals surface area contributed by atoms with E-state index in [-0.39, 0.29) is 22.1 Å². The third kappa shape index (κ3) is 6.53. The molecule has 12 nitrogen and oxygen atoms in total. The van der Waals surface area contributed by atoms with Gasteiger partial charge in [0.05, 0.1) is 38.1 Å². The summed E-state index contributed by atoms with van der Waals surface area (Å²) in [5.41, 5.74) is 0.676. The monoisotopic (exact) mass is 620 g/mol. The molecule has 2 heterocycles. The summed E-state index contributed by atoms with van der Waals surface area (Å²) < 4.78 is 89.1. The molecule has 0 saturated carbocycles. The van der Waals surface area contributed by atoms with E-state index in [9.17, 15) is 21.2 Å². The second kappa shape index (κ2) is 12.4. The van der Waals surface area contributed by atoms with Crippen molar-refractivity contribution in [3.05, 3.63) is 71.8 Å². The topological polar surface area (TPSA) is 149 Å². The van der Waals surface area contributed by atoms with Gasteiger partial charge in [0.15, 0.2) is 31.3 Å². The van der Waals surface area contributed by atoms with E-state index in [4.69, 9.17) is 18.9 Å². The first kappa shape index (κ1) is 30.9. The van der Waals surface area contributed by atoms with Crippen molar-refractivity contribution in [3.63, 3.8) is 0 Å². The van der Waals surface area contributed by atoms with Crippen LogP contribution in [0.25, 0.3) is 17.2 Å². The van der Waals surface area contributed by atoms with E-state index in [1.807, 2.05) is 0 Å². The molecule has 2 aromatic heterocycles. The highest BCUT2D eigenvalue weighted by atomic mass is 32.2. The van der Waals surface area contributed by atoms with Crippen LogP contribution in [0.5, 0.6) is 17.4 Å². The molecule has 0 spiro atoms. The van der Waals surface area contributed by atoms with Gasteiger partial charge >= 0.3 is 0 Å². The molecule has 0 radical (unpaired) electrons. The summed E-state index contributed by atoms with van der Waals surface area (Å²) in [7, 11) is -2.38. The molecule has 4 rings (SSSR count). The van der Waals surface area contributed by atoms with Crippen molar-refractivity contribution in [1.29, 1.82) is 0 Å². The van der Waals surface area contributed by atoms with Gasteiger partial charge in [-0.2, -0.15) is 0 Å². The molecule has 0 N–H and O–H groups in total. The predicted molar refractivity (Wildman–Crippen MR) is 151 cm³/mol. The summed E-state index contributed by atoms with van der Waals surface area (Å²) >= 11 is 0. The standard InChI is InChI=1S/C27H29FN4O8S2/c1-37-20-9-7-10-21(38-2)26(20)32-24(30-31-27(32)19-8-6-11-25(29-19)40-4)16-42(35,36)15-22(39-3)18-13-12-17(28)14-23(18)41(5,33)34/h6-14,22H,15-16H2,1-5H3/t22-/m1/s1. The molecule has 0 aliphatic rings. The maximum absolute atomic E-state index is 13.9. The minimum Gasteiger partial charge on any atom is -0.494 e. The van der Waals surface area contributed by atoms with Crippen molar-refractivity contribution >= 4 is 19.7 Å². The molecular formula is C27H29FN4O8S2. The van der Waals surface area contributed by atoms with Gasteiger partial charge in [-0.25, -0.2) is 26.2 Å². The minimum atomic E-state index is -4.08. The Labute approximate surface area is 242 Å². The van der Waals surface area contributed by atoms with E-state index < -0.39 is 43.1 Å². The number of benzene rings is 2. The van der Waals surface area contributed by atoms with Crippen LogP contribution in [-0.2, 0) is 30.2 Å². The summed E-state index contributed by atoms with van der Waals surface area (Å²) in [6, 6.07) is 13.1. The minimum absolute atomic E-state index is 0.00489. The molecular weight excluding hydrogens is 591 g/mol. The molecule has 0 amide bonds. The van der Waals surface area contributed by atoms with Crippen molar-refractivity contribution in [2.75, 3.05) is 40.4 Å². The highest BCUT2D eigenvalue weighted by molar-refractivity contribution is 7.91. The van der Waals surface area contributed by atoms with Crippen LogP contribution in [0.1, 0.15) is 17.5 Å². The van der Waals surface area contributed by atoms with Crippen molar-refractivity contribution in [2.24, 2.45) is 0 Å². The van der Waals surface area contributed by atoms with Crippen molar-refractivity contribution in [2.45, 2.75) is 16.8 Å². The van der Waals surface area contributed by atoms with Gasteiger partial charge in [0.1, 0.15) is 34.5 Å². The molecule has 0 aliphatic carbocycles. The molecule has 1 atom stereocenters. The Bertz CT molecular complexity index is 1790. The average molecular weight is 621 g/mol. The maximum Gasteiger partial charge on any atom is 0.213 e. The first-order valence-electron chi connectivity index (χ1n) is 12.3. The van der Waals surface area contributed by atoms with E-state index in [0.29, 0.717) is 28.8 Å².